The van der Waals surface area contributed by atoms with Crippen molar-refractivity contribution in [3.05, 3.63) is 42.0 Å². The van der Waals surface area contributed by atoms with Crippen molar-refractivity contribution < 1.29 is 14.3 Å². The number of allylic oxidation sites excluding steroid dienone is 1. The molecule has 0 unspecified atom stereocenters. The fourth-order valence-electron chi connectivity index (χ4n) is 5.08. The molecule has 0 bridgehead atoms. The van der Waals surface area contributed by atoms with E-state index in [0.717, 1.165) is 22.8 Å². The van der Waals surface area contributed by atoms with Crippen LogP contribution in [0, 0.1) is 17.3 Å². The van der Waals surface area contributed by atoms with Gasteiger partial charge in [-0.15, -0.1) is 23.5 Å². The molecule has 2 heterocycles. The number of ketones is 1. The molecule has 2 spiro atoms. The topological polar surface area (TPSA) is 55.4 Å². The number of hydrogen-bond acceptors (Lipinski definition) is 5. The second-order valence-corrected chi connectivity index (χ2v) is 10.5. The number of benzene rings is 1. The molecule has 3 atom stereocenters. The number of rotatable bonds is 0. The van der Waals surface area contributed by atoms with E-state index in [1.54, 1.807) is 23.5 Å². The molecule has 130 valence electrons. The number of carbonyl (C=O) groups is 2. The molecule has 2 aliphatic heterocycles. The predicted molar refractivity (Wildman–Crippen MR) is 101 cm³/mol. The Morgan fingerprint density at radius 1 is 1.16 bits per heavy atom. The van der Waals surface area contributed by atoms with Crippen LogP contribution in [-0.2, 0) is 15.1 Å². The molecule has 1 saturated heterocycles. The van der Waals surface area contributed by atoms with Gasteiger partial charge in [-0.05, 0) is 6.07 Å². The van der Waals surface area contributed by atoms with Crippen molar-refractivity contribution in [3.63, 3.8) is 0 Å². The van der Waals surface area contributed by atoms with Gasteiger partial charge in [-0.2, -0.15) is 0 Å². The molecule has 2 aliphatic carbocycles. The number of thioether (sulfide) groups is 2. The first kappa shape index (κ1) is 15.8. The summed E-state index contributed by atoms with van der Waals surface area (Å²) >= 11 is 3.43. The van der Waals surface area contributed by atoms with Crippen LogP contribution in [0.4, 0.5) is 10.5 Å². The number of ether oxygens (including phenoxy) is 1. The average Bonchev–Trinajstić information content (AvgIpc) is 3.06. The van der Waals surface area contributed by atoms with Crippen LogP contribution in [-0.4, -0.2) is 27.5 Å². The van der Waals surface area contributed by atoms with Crippen molar-refractivity contribution in [1.29, 1.82) is 0 Å². The van der Waals surface area contributed by atoms with E-state index in [9.17, 15) is 9.59 Å². The van der Waals surface area contributed by atoms with Crippen LogP contribution in [0.25, 0.3) is 0 Å². The van der Waals surface area contributed by atoms with Gasteiger partial charge in [0.1, 0.15) is 4.08 Å². The van der Waals surface area contributed by atoms with Gasteiger partial charge < -0.3 is 4.74 Å². The summed E-state index contributed by atoms with van der Waals surface area (Å²) in [6.07, 6.45) is 3.83. The van der Waals surface area contributed by atoms with E-state index in [2.05, 4.69) is 31.3 Å². The van der Waals surface area contributed by atoms with E-state index >= 15 is 0 Å². The maximum Gasteiger partial charge on any atom is 0.412 e. The predicted octanol–water partition coefficient (Wildman–Crippen LogP) is 4.03. The highest BCUT2D eigenvalue weighted by Gasteiger charge is 2.76. The van der Waals surface area contributed by atoms with E-state index in [4.69, 9.17) is 4.74 Å². The molecule has 4 nitrogen and oxygen atoms in total. The van der Waals surface area contributed by atoms with E-state index in [-0.39, 0.29) is 23.0 Å². The molecule has 2 fully saturated rings. The Morgan fingerprint density at radius 2 is 1.88 bits per heavy atom. The number of para-hydroxylation sites is 1. The summed E-state index contributed by atoms with van der Waals surface area (Å²) in [7, 11) is 0. The SMILES string of the molecule is CC1(C)[C@H]2C=CC3(SCCS3)C(=O)[C@H]2[C@@]12OC(=O)Nc1ccccc12. The van der Waals surface area contributed by atoms with Crippen LogP contribution in [0.3, 0.4) is 0 Å². The van der Waals surface area contributed by atoms with E-state index in [0.29, 0.717) is 0 Å². The second kappa shape index (κ2) is 4.86. The zero-order valence-electron chi connectivity index (χ0n) is 14.1. The summed E-state index contributed by atoms with van der Waals surface area (Å²) < 4.78 is 5.47. The van der Waals surface area contributed by atoms with Crippen LogP contribution < -0.4 is 5.32 Å². The quantitative estimate of drug-likeness (QED) is 0.696. The fraction of sp³-hybridized carbons (Fsp3) is 0.474. The lowest BCUT2D eigenvalue weighted by atomic mass is 9.41. The first-order valence-corrected chi connectivity index (χ1v) is 10.5. The standard InChI is InChI=1S/C19H19NO3S2/c1-17(2)12-7-8-18(24-9-10-25-18)15(21)14(12)19(17)11-5-3-4-6-13(11)20-16(22)23-19/h3-8,12,14H,9-10H2,1-2H3,(H,20,22)/t12-,14-,19+/m0/s1. The molecule has 1 saturated carbocycles. The Balaban J connectivity index is 1.71. The first-order valence-electron chi connectivity index (χ1n) is 8.53. The van der Waals surface area contributed by atoms with Crippen molar-refractivity contribution in [2.45, 2.75) is 23.5 Å². The van der Waals surface area contributed by atoms with Crippen LogP contribution in [0.1, 0.15) is 19.4 Å². The third-order valence-electron chi connectivity index (χ3n) is 6.27. The third-order valence-corrected chi connectivity index (χ3v) is 9.58. The summed E-state index contributed by atoms with van der Waals surface area (Å²) in [6.45, 7) is 4.21. The molecule has 5 rings (SSSR count). The molecule has 1 amide bonds. The van der Waals surface area contributed by atoms with Crippen LogP contribution >= 0.6 is 23.5 Å². The molecule has 25 heavy (non-hydrogen) atoms. The maximum atomic E-state index is 13.6. The maximum absolute atomic E-state index is 13.6. The van der Waals surface area contributed by atoms with Gasteiger partial charge in [0, 0.05) is 28.4 Å². The van der Waals surface area contributed by atoms with Gasteiger partial charge in [-0.1, -0.05) is 44.2 Å². The van der Waals surface area contributed by atoms with E-state index < -0.39 is 15.8 Å². The lowest BCUT2D eigenvalue weighted by Crippen LogP contribution is -2.73. The zero-order chi connectivity index (χ0) is 17.4. The summed E-state index contributed by atoms with van der Waals surface area (Å²) in [5, 5.41) is 2.79. The van der Waals surface area contributed by atoms with E-state index in [1.165, 1.54) is 0 Å². The molecule has 1 aromatic rings. The molecular formula is C19H19NO3S2. The lowest BCUT2D eigenvalue weighted by molar-refractivity contribution is -0.236. The molecular weight excluding hydrogens is 354 g/mol. The Labute approximate surface area is 155 Å². The minimum atomic E-state index is -0.894. The van der Waals surface area contributed by atoms with Crippen molar-refractivity contribution in [3.8, 4) is 0 Å². The minimum Gasteiger partial charge on any atom is -0.436 e. The van der Waals surface area contributed by atoms with Crippen molar-refractivity contribution in [2.24, 2.45) is 17.3 Å². The second-order valence-electron chi connectivity index (χ2n) is 7.61. The monoisotopic (exact) mass is 373 g/mol. The van der Waals surface area contributed by atoms with Crippen molar-refractivity contribution >= 4 is 41.1 Å². The van der Waals surface area contributed by atoms with Gasteiger partial charge in [0.15, 0.2) is 11.4 Å². The molecule has 0 aromatic heterocycles. The first-order chi connectivity index (χ1) is 11.9. The summed E-state index contributed by atoms with van der Waals surface area (Å²) in [4.78, 5) is 25.9. The highest BCUT2D eigenvalue weighted by Crippen LogP contribution is 2.71. The lowest BCUT2D eigenvalue weighted by Gasteiger charge is -2.67. The number of fused-ring (bicyclic) bond motifs is 4. The largest absolute Gasteiger partial charge is 0.436 e. The summed E-state index contributed by atoms with van der Waals surface area (Å²) in [6, 6.07) is 7.72. The molecule has 6 heteroatoms. The number of nitrogens with one attached hydrogen (secondary N) is 1. The number of Topliss-reactive ketones (excluding diaryl/α,β-unsaturated/α-hetero) is 1. The number of hydrogen-bond donors (Lipinski definition) is 1. The van der Waals surface area contributed by atoms with Crippen LogP contribution in [0.2, 0.25) is 0 Å². The average molecular weight is 373 g/mol. The van der Waals surface area contributed by atoms with Crippen LogP contribution in [0.5, 0.6) is 0 Å². The normalized spacial score (nSPS) is 36.4. The Hall–Kier alpha value is -1.40. The number of amides is 1. The Kier molecular flexibility index (Phi) is 3.07. The van der Waals surface area contributed by atoms with Gasteiger partial charge in [0.2, 0.25) is 0 Å². The van der Waals surface area contributed by atoms with E-state index in [1.807, 2.05) is 24.3 Å². The zero-order valence-corrected chi connectivity index (χ0v) is 15.7. The van der Waals surface area contributed by atoms with Gasteiger partial charge in [0.05, 0.1) is 11.6 Å². The van der Waals surface area contributed by atoms with Crippen LogP contribution in [0.15, 0.2) is 36.4 Å². The molecule has 1 N–H and O–H groups in total. The molecule has 4 aliphatic rings. The number of anilines is 1. The highest BCUT2D eigenvalue weighted by molar-refractivity contribution is 8.22. The molecule has 0 radical (unpaired) electrons. The van der Waals surface area contributed by atoms with Crippen molar-refractivity contribution in [2.75, 3.05) is 16.8 Å². The Bertz CT molecular complexity index is 828. The van der Waals surface area contributed by atoms with Gasteiger partial charge >= 0.3 is 6.09 Å². The summed E-state index contributed by atoms with van der Waals surface area (Å²) in [5.74, 6) is 1.93. The summed E-state index contributed by atoms with van der Waals surface area (Å²) in [5.41, 5.74) is 0.448. The van der Waals surface area contributed by atoms with Gasteiger partial charge in [-0.3, -0.25) is 10.1 Å². The highest BCUT2D eigenvalue weighted by atomic mass is 32.2. The smallest absolute Gasteiger partial charge is 0.412 e. The van der Waals surface area contributed by atoms with Gasteiger partial charge in [0.25, 0.3) is 0 Å². The van der Waals surface area contributed by atoms with Gasteiger partial charge in [-0.25, -0.2) is 4.79 Å². The third kappa shape index (κ3) is 1.72. The fourth-order valence-corrected chi connectivity index (χ4v) is 8.07. The Morgan fingerprint density at radius 3 is 2.64 bits per heavy atom. The minimum absolute atomic E-state index is 0.0892. The van der Waals surface area contributed by atoms with Crippen molar-refractivity contribution in [1.82, 2.24) is 0 Å². The molecule has 1 aromatic carbocycles. The number of carbonyl (C=O) groups excluding carboxylic acids is 2.